The predicted molar refractivity (Wildman–Crippen MR) is 91.0 cm³/mol. The van der Waals surface area contributed by atoms with Crippen molar-refractivity contribution < 1.29 is 4.39 Å². The van der Waals surface area contributed by atoms with E-state index in [1.807, 2.05) is 32.0 Å². The zero-order valence-corrected chi connectivity index (χ0v) is 13.8. The average molecular weight is 337 g/mol. The molecule has 7 nitrogen and oxygen atoms in total. The molecule has 0 saturated carbocycles. The van der Waals surface area contributed by atoms with Crippen LogP contribution in [0.5, 0.6) is 0 Å². The van der Waals surface area contributed by atoms with Crippen LogP contribution >= 0.6 is 0 Å². The Bertz CT molecular complexity index is 1070. The fraction of sp³-hybridized carbons (Fsp3) is 0.176. The quantitative estimate of drug-likeness (QED) is 0.620. The Morgan fingerprint density at radius 3 is 2.84 bits per heavy atom. The molecule has 0 aliphatic rings. The molecule has 4 rings (SSSR count). The summed E-state index contributed by atoms with van der Waals surface area (Å²) in [7, 11) is 0. The number of benzene rings is 1. The van der Waals surface area contributed by atoms with Gasteiger partial charge in [-0.05, 0) is 36.8 Å². The topological polar surface area (TPSA) is 86.9 Å². The standard InChI is InChI=1S/C17H16FN7/c1-10-3-4-15(12(18)7-10)24-8-13(22-23-24)11(2)14-5-6-16-17(19)20-9-21-25(14)16/h3-9,11H,1-2H3,(H2,19,20,21). The highest BCUT2D eigenvalue weighted by molar-refractivity contribution is 5.65. The van der Waals surface area contributed by atoms with Crippen molar-refractivity contribution in [3.63, 3.8) is 0 Å². The van der Waals surface area contributed by atoms with Gasteiger partial charge in [0.05, 0.1) is 17.6 Å². The number of nitrogens with two attached hydrogens (primary N) is 1. The number of fused-ring (bicyclic) bond motifs is 1. The maximum absolute atomic E-state index is 14.1. The van der Waals surface area contributed by atoms with E-state index in [1.54, 1.807) is 16.8 Å². The number of hydrogen-bond donors (Lipinski definition) is 1. The molecule has 0 fully saturated rings. The maximum Gasteiger partial charge on any atom is 0.151 e. The van der Waals surface area contributed by atoms with Crippen LogP contribution in [-0.4, -0.2) is 29.6 Å². The van der Waals surface area contributed by atoms with E-state index in [1.165, 1.54) is 17.1 Å². The minimum atomic E-state index is -0.335. The van der Waals surface area contributed by atoms with Crippen LogP contribution in [0.25, 0.3) is 11.2 Å². The molecule has 1 unspecified atom stereocenters. The van der Waals surface area contributed by atoms with Crippen LogP contribution in [0.4, 0.5) is 10.2 Å². The summed E-state index contributed by atoms with van der Waals surface area (Å²) in [5.74, 6) is -0.0179. The lowest BCUT2D eigenvalue weighted by Gasteiger charge is -2.08. The minimum Gasteiger partial charge on any atom is -0.382 e. The Balaban J connectivity index is 1.73. The van der Waals surface area contributed by atoms with Gasteiger partial charge in [-0.15, -0.1) is 5.10 Å². The second kappa shape index (κ2) is 5.66. The first kappa shape index (κ1) is 15.3. The number of aryl methyl sites for hydroxylation is 1. The first-order valence-corrected chi connectivity index (χ1v) is 7.81. The van der Waals surface area contributed by atoms with Crippen LogP contribution in [-0.2, 0) is 0 Å². The number of rotatable bonds is 3. The fourth-order valence-electron chi connectivity index (χ4n) is 2.84. The zero-order chi connectivity index (χ0) is 17.6. The summed E-state index contributed by atoms with van der Waals surface area (Å²) in [6.07, 6.45) is 3.14. The second-order valence-electron chi connectivity index (χ2n) is 5.97. The lowest BCUT2D eigenvalue weighted by atomic mass is 10.1. The largest absolute Gasteiger partial charge is 0.382 e. The van der Waals surface area contributed by atoms with Crippen molar-refractivity contribution in [2.75, 3.05) is 5.73 Å². The molecule has 0 bridgehead atoms. The van der Waals surface area contributed by atoms with Gasteiger partial charge >= 0.3 is 0 Å². The normalized spacial score (nSPS) is 12.6. The monoisotopic (exact) mass is 337 g/mol. The van der Waals surface area contributed by atoms with E-state index >= 15 is 0 Å². The van der Waals surface area contributed by atoms with Gasteiger partial charge in [0.25, 0.3) is 0 Å². The summed E-state index contributed by atoms with van der Waals surface area (Å²) in [5, 5.41) is 12.5. The lowest BCUT2D eigenvalue weighted by Crippen LogP contribution is -2.05. The molecule has 1 aromatic carbocycles. The zero-order valence-electron chi connectivity index (χ0n) is 13.8. The molecule has 0 saturated heterocycles. The van der Waals surface area contributed by atoms with Crippen molar-refractivity contribution in [1.82, 2.24) is 29.6 Å². The van der Waals surface area contributed by atoms with Crippen LogP contribution in [0, 0.1) is 12.7 Å². The van der Waals surface area contributed by atoms with Crippen molar-refractivity contribution in [2.45, 2.75) is 19.8 Å². The second-order valence-corrected chi connectivity index (χ2v) is 5.97. The van der Waals surface area contributed by atoms with Gasteiger partial charge in [0.1, 0.15) is 23.3 Å². The van der Waals surface area contributed by atoms with Crippen molar-refractivity contribution in [3.05, 3.63) is 65.6 Å². The molecule has 126 valence electrons. The van der Waals surface area contributed by atoms with Crippen LogP contribution in [0.15, 0.2) is 42.9 Å². The van der Waals surface area contributed by atoms with Crippen molar-refractivity contribution in [3.8, 4) is 5.69 Å². The number of halogens is 1. The summed E-state index contributed by atoms with van der Waals surface area (Å²) in [5.41, 5.74) is 9.44. The molecule has 25 heavy (non-hydrogen) atoms. The van der Waals surface area contributed by atoms with E-state index in [2.05, 4.69) is 20.4 Å². The molecule has 8 heteroatoms. The molecule has 0 radical (unpaired) electrons. The Morgan fingerprint density at radius 2 is 2.04 bits per heavy atom. The molecular weight excluding hydrogens is 321 g/mol. The summed E-state index contributed by atoms with van der Waals surface area (Å²) in [6, 6.07) is 8.79. The van der Waals surface area contributed by atoms with Crippen molar-refractivity contribution in [2.24, 2.45) is 0 Å². The van der Waals surface area contributed by atoms with E-state index in [0.717, 1.165) is 16.8 Å². The van der Waals surface area contributed by atoms with Gasteiger partial charge in [-0.2, -0.15) is 5.10 Å². The van der Waals surface area contributed by atoms with Crippen molar-refractivity contribution in [1.29, 1.82) is 0 Å². The molecule has 3 aromatic heterocycles. The number of nitrogen functional groups attached to an aromatic ring is 1. The minimum absolute atomic E-state index is 0.0981. The molecule has 2 N–H and O–H groups in total. The smallest absolute Gasteiger partial charge is 0.151 e. The summed E-state index contributed by atoms with van der Waals surface area (Å²) in [6.45, 7) is 3.83. The van der Waals surface area contributed by atoms with Gasteiger partial charge in [0.2, 0.25) is 0 Å². The highest BCUT2D eigenvalue weighted by Gasteiger charge is 2.18. The Labute approximate surface area is 142 Å². The SMILES string of the molecule is Cc1ccc(-n2cc(C(C)c3ccc4c(N)ncnn34)nn2)c(F)c1. The number of nitrogens with zero attached hydrogens (tertiary/aromatic N) is 6. The highest BCUT2D eigenvalue weighted by Crippen LogP contribution is 2.26. The molecule has 3 heterocycles. The molecular formula is C17H16FN7. The predicted octanol–water partition coefficient (Wildman–Crippen LogP) is 2.49. The Kier molecular flexibility index (Phi) is 3.45. The maximum atomic E-state index is 14.1. The Hall–Kier alpha value is -3.29. The third-order valence-corrected chi connectivity index (χ3v) is 4.26. The van der Waals surface area contributed by atoms with Crippen LogP contribution in [0.3, 0.4) is 0 Å². The molecule has 0 aliphatic heterocycles. The molecule has 0 amide bonds. The third-order valence-electron chi connectivity index (χ3n) is 4.26. The van der Waals surface area contributed by atoms with Gasteiger partial charge in [0.15, 0.2) is 5.82 Å². The van der Waals surface area contributed by atoms with E-state index in [-0.39, 0.29) is 11.7 Å². The van der Waals surface area contributed by atoms with Gasteiger partial charge in [-0.25, -0.2) is 18.6 Å². The Morgan fingerprint density at radius 1 is 1.20 bits per heavy atom. The fourth-order valence-corrected chi connectivity index (χ4v) is 2.84. The van der Waals surface area contributed by atoms with E-state index in [0.29, 0.717) is 17.2 Å². The lowest BCUT2D eigenvalue weighted by molar-refractivity contribution is 0.606. The molecule has 1 atom stereocenters. The summed E-state index contributed by atoms with van der Waals surface area (Å²) < 4.78 is 17.3. The molecule has 0 spiro atoms. The van der Waals surface area contributed by atoms with Crippen LogP contribution in [0.2, 0.25) is 0 Å². The number of hydrogen-bond acceptors (Lipinski definition) is 5. The molecule has 4 aromatic rings. The summed E-state index contributed by atoms with van der Waals surface area (Å²) >= 11 is 0. The van der Waals surface area contributed by atoms with E-state index in [9.17, 15) is 4.39 Å². The van der Waals surface area contributed by atoms with Crippen LogP contribution < -0.4 is 5.73 Å². The van der Waals surface area contributed by atoms with Crippen molar-refractivity contribution >= 4 is 11.3 Å². The van der Waals surface area contributed by atoms with Gasteiger partial charge in [-0.1, -0.05) is 18.2 Å². The summed E-state index contributed by atoms with van der Waals surface area (Å²) in [4.78, 5) is 3.99. The first-order valence-electron chi connectivity index (χ1n) is 7.81. The third kappa shape index (κ3) is 2.51. The van der Waals surface area contributed by atoms with E-state index < -0.39 is 0 Å². The van der Waals surface area contributed by atoms with Crippen LogP contribution in [0.1, 0.15) is 29.8 Å². The highest BCUT2D eigenvalue weighted by atomic mass is 19.1. The average Bonchev–Trinajstić information content (AvgIpc) is 3.22. The van der Waals surface area contributed by atoms with Gasteiger partial charge in [-0.3, -0.25) is 0 Å². The number of anilines is 1. The number of aromatic nitrogens is 6. The first-order chi connectivity index (χ1) is 12.0. The van der Waals surface area contributed by atoms with E-state index in [4.69, 9.17) is 5.73 Å². The van der Waals surface area contributed by atoms with Gasteiger partial charge in [0, 0.05) is 5.92 Å². The molecule has 0 aliphatic carbocycles. The van der Waals surface area contributed by atoms with Gasteiger partial charge < -0.3 is 5.73 Å².